The first-order chi connectivity index (χ1) is 12.4. The number of amides is 1. The van der Waals surface area contributed by atoms with E-state index in [1.54, 1.807) is 48.2 Å². The van der Waals surface area contributed by atoms with Crippen LogP contribution in [0.2, 0.25) is 0 Å². The van der Waals surface area contributed by atoms with Crippen molar-refractivity contribution in [3.05, 3.63) is 72.3 Å². The number of carbonyl (C=O) groups excluding carboxylic acids is 1. The lowest BCUT2D eigenvalue weighted by Gasteiger charge is -2.19. The highest BCUT2D eigenvalue weighted by Crippen LogP contribution is 2.24. The summed E-state index contributed by atoms with van der Waals surface area (Å²) in [4.78, 5) is 13.9. The van der Waals surface area contributed by atoms with Crippen LogP contribution in [-0.4, -0.2) is 26.3 Å². The van der Waals surface area contributed by atoms with Crippen molar-refractivity contribution in [3.8, 4) is 0 Å². The summed E-state index contributed by atoms with van der Waals surface area (Å²) in [6.45, 7) is 5.69. The fourth-order valence-electron chi connectivity index (χ4n) is 2.53. The molecule has 0 aliphatic carbocycles. The summed E-state index contributed by atoms with van der Waals surface area (Å²) in [6.07, 6.45) is 3.68. The normalized spacial score (nSPS) is 12.4. The minimum atomic E-state index is -3.23. The zero-order chi connectivity index (χ0) is 19.2. The molecule has 2 aromatic carbocycles. The van der Waals surface area contributed by atoms with Crippen LogP contribution in [0.5, 0.6) is 0 Å². The third-order valence-electron chi connectivity index (χ3n) is 3.91. The molecule has 1 N–H and O–H groups in total. The fraction of sp³-hybridized carbons (Fsp3) is 0.250. The molecule has 1 atom stereocenters. The molecular formula is C20H23NO3S2. The summed E-state index contributed by atoms with van der Waals surface area (Å²) in [7, 11) is -3.23. The van der Waals surface area contributed by atoms with Gasteiger partial charge in [0.05, 0.1) is 16.5 Å². The zero-order valence-electron chi connectivity index (χ0n) is 14.9. The maximum atomic E-state index is 12.8. The van der Waals surface area contributed by atoms with Crippen molar-refractivity contribution in [2.75, 3.05) is 12.0 Å². The molecule has 4 nitrogen and oxygen atoms in total. The van der Waals surface area contributed by atoms with E-state index in [9.17, 15) is 13.2 Å². The summed E-state index contributed by atoms with van der Waals surface area (Å²) < 4.78 is 23.2. The lowest BCUT2D eigenvalue weighted by molar-refractivity contribution is 0.0932. The van der Waals surface area contributed by atoms with E-state index in [2.05, 4.69) is 11.9 Å². The Kier molecular flexibility index (Phi) is 7.06. The van der Waals surface area contributed by atoms with E-state index in [-0.39, 0.29) is 16.8 Å². The standard InChI is InChI=1S/C20H23NO3S2/c1-4-14-25-19-9-7-6-8-17(19)20(22)21-18(5-2)15-10-12-16(13-11-15)26(3,23)24/h4,6-13,18H,1,5,14H2,2-3H3,(H,21,22)/t18-/m0/s1. The fourth-order valence-corrected chi connectivity index (χ4v) is 3.95. The lowest BCUT2D eigenvalue weighted by atomic mass is 10.0. The number of sulfone groups is 1. The molecule has 0 fully saturated rings. The van der Waals surface area contributed by atoms with Crippen molar-refractivity contribution >= 4 is 27.5 Å². The smallest absolute Gasteiger partial charge is 0.252 e. The first kappa shape index (κ1) is 20.3. The largest absolute Gasteiger partial charge is 0.345 e. The third kappa shape index (κ3) is 5.22. The second-order valence-corrected chi connectivity index (χ2v) is 8.95. The molecular weight excluding hydrogens is 366 g/mol. The Balaban J connectivity index is 2.20. The first-order valence-electron chi connectivity index (χ1n) is 8.30. The molecule has 0 radical (unpaired) electrons. The van der Waals surface area contributed by atoms with Gasteiger partial charge in [0.25, 0.3) is 5.91 Å². The molecule has 26 heavy (non-hydrogen) atoms. The maximum absolute atomic E-state index is 12.8. The number of hydrogen-bond acceptors (Lipinski definition) is 4. The molecule has 0 heterocycles. The van der Waals surface area contributed by atoms with Gasteiger partial charge in [0, 0.05) is 16.9 Å². The highest BCUT2D eigenvalue weighted by Gasteiger charge is 2.17. The van der Waals surface area contributed by atoms with Crippen LogP contribution in [0, 0.1) is 0 Å². The number of carbonyl (C=O) groups is 1. The van der Waals surface area contributed by atoms with Gasteiger partial charge in [-0.1, -0.05) is 37.3 Å². The third-order valence-corrected chi connectivity index (χ3v) is 6.11. The van der Waals surface area contributed by atoms with Gasteiger partial charge < -0.3 is 5.32 Å². The Morgan fingerprint density at radius 3 is 2.42 bits per heavy atom. The molecule has 0 aromatic heterocycles. The molecule has 0 spiro atoms. The average Bonchev–Trinajstić information content (AvgIpc) is 2.64. The highest BCUT2D eigenvalue weighted by molar-refractivity contribution is 7.99. The molecule has 0 aliphatic heterocycles. The van der Waals surface area contributed by atoms with Gasteiger partial charge in [-0.05, 0) is 36.2 Å². The van der Waals surface area contributed by atoms with Crippen molar-refractivity contribution in [2.24, 2.45) is 0 Å². The zero-order valence-corrected chi connectivity index (χ0v) is 16.6. The number of rotatable bonds is 8. The molecule has 1 amide bonds. The van der Waals surface area contributed by atoms with Crippen LogP contribution in [-0.2, 0) is 9.84 Å². The Morgan fingerprint density at radius 1 is 1.19 bits per heavy atom. The molecule has 138 valence electrons. The van der Waals surface area contributed by atoms with Gasteiger partial charge in [0.15, 0.2) is 9.84 Å². The molecule has 0 saturated heterocycles. The summed E-state index contributed by atoms with van der Waals surface area (Å²) in [6, 6.07) is 13.9. The monoisotopic (exact) mass is 389 g/mol. The Bertz CT molecular complexity index is 874. The number of nitrogens with one attached hydrogen (secondary N) is 1. The van der Waals surface area contributed by atoms with Crippen LogP contribution in [0.15, 0.2) is 71.0 Å². The second-order valence-electron chi connectivity index (χ2n) is 5.87. The van der Waals surface area contributed by atoms with E-state index in [0.717, 1.165) is 16.2 Å². The van der Waals surface area contributed by atoms with E-state index < -0.39 is 9.84 Å². The van der Waals surface area contributed by atoms with E-state index in [4.69, 9.17) is 0 Å². The first-order valence-corrected chi connectivity index (χ1v) is 11.2. The van der Waals surface area contributed by atoms with Crippen molar-refractivity contribution in [3.63, 3.8) is 0 Å². The van der Waals surface area contributed by atoms with Gasteiger partial charge in [-0.3, -0.25) is 4.79 Å². The molecule has 0 saturated carbocycles. The van der Waals surface area contributed by atoms with Gasteiger partial charge >= 0.3 is 0 Å². The van der Waals surface area contributed by atoms with Gasteiger partial charge in [-0.2, -0.15) is 0 Å². The summed E-state index contributed by atoms with van der Waals surface area (Å²) in [5, 5.41) is 3.05. The maximum Gasteiger partial charge on any atom is 0.252 e. The van der Waals surface area contributed by atoms with Crippen LogP contribution in [0.1, 0.15) is 35.3 Å². The molecule has 2 aromatic rings. The summed E-state index contributed by atoms with van der Waals surface area (Å²) in [5.74, 6) is 0.588. The molecule has 0 aliphatic rings. The van der Waals surface area contributed by atoms with Crippen LogP contribution in [0.25, 0.3) is 0 Å². The van der Waals surface area contributed by atoms with Crippen molar-refractivity contribution in [1.29, 1.82) is 0 Å². The van der Waals surface area contributed by atoms with E-state index in [0.29, 0.717) is 12.0 Å². The van der Waals surface area contributed by atoms with E-state index >= 15 is 0 Å². The molecule has 0 bridgehead atoms. The minimum Gasteiger partial charge on any atom is -0.345 e. The highest BCUT2D eigenvalue weighted by atomic mass is 32.2. The molecule has 6 heteroatoms. The van der Waals surface area contributed by atoms with Crippen LogP contribution in [0.3, 0.4) is 0 Å². The second kappa shape index (κ2) is 9.05. The summed E-state index contributed by atoms with van der Waals surface area (Å²) in [5.41, 5.74) is 1.51. The minimum absolute atomic E-state index is 0.142. The quantitative estimate of drug-likeness (QED) is 0.541. The summed E-state index contributed by atoms with van der Waals surface area (Å²) >= 11 is 1.56. The van der Waals surface area contributed by atoms with Crippen LogP contribution in [0.4, 0.5) is 0 Å². The lowest BCUT2D eigenvalue weighted by Crippen LogP contribution is -2.28. The Hall–Kier alpha value is -2.05. The van der Waals surface area contributed by atoms with Gasteiger partial charge in [-0.15, -0.1) is 18.3 Å². The number of thioether (sulfide) groups is 1. The van der Waals surface area contributed by atoms with Gasteiger partial charge in [0.1, 0.15) is 0 Å². The Morgan fingerprint density at radius 2 is 1.85 bits per heavy atom. The van der Waals surface area contributed by atoms with Gasteiger partial charge in [0.2, 0.25) is 0 Å². The van der Waals surface area contributed by atoms with E-state index in [1.807, 2.05) is 25.1 Å². The molecule has 0 unspecified atom stereocenters. The SMILES string of the molecule is C=CCSc1ccccc1C(=O)N[C@@H](CC)c1ccc(S(C)(=O)=O)cc1. The van der Waals surface area contributed by atoms with Crippen molar-refractivity contribution in [2.45, 2.75) is 29.2 Å². The average molecular weight is 390 g/mol. The topological polar surface area (TPSA) is 63.2 Å². The van der Waals surface area contributed by atoms with Gasteiger partial charge in [-0.25, -0.2) is 8.42 Å². The predicted octanol–water partition coefficient (Wildman–Crippen LogP) is 4.25. The Labute approximate surface area is 159 Å². The predicted molar refractivity (Wildman–Crippen MR) is 107 cm³/mol. The number of hydrogen-bond donors (Lipinski definition) is 1. The van der Waals surface area contributed by atoms with E-state index in [1.165, 1.54) is 6.26 Å². The van der Waals surface area contributed by atoms with Crippen LogP contribution < -0.4 is 5.32 Å². The molecule has 2 rings (SSSR count). The van der Waals surface area contributed by atoms with Crippen molar-refractivity contribution < 1.29 is 13.2 Å². The van der Waals surface area contributed by atoms with Crippen LogP contribution >= 0.6 is 11.8 Å². The van der Waals surface area contributed by atoms with Crippen molar-refractivity contribution in [1.82, 2.24) is 5.32 Å². The number of benzene rings is 2.